The fraction of sp³-hybridized carbons (Fsp3) is 0.261. The Morgan fingerprint density at radius 1 is 1.06 bits per heavy atom. The van der Waals surface area contributed by atoms with Gasteiger partial charge < -0.3 is 18.9 Å². The number of aromatic nitrogens is 1. The quantitative estimate of drug-likeness (QED) is 0.439. The van der Waals surface area contributed by atoms with Gasteiger partial charge in [0.15, 0.2) is 5.13 Å². The van der Waals surface area contributed by atoms with Crippen molar-refractivity contribution in [3.8, 4) is 17.2 Å². The van der Waals surface area contributed by atoms with E-state index < -0.39 is 5.97 Å². The van der Waals surface area contributed by atoms with Crippen molar-refractivity contribution in [2.45, 2.75) is 20.0 Å². The normalized spacial score (nSPS) is 11.5. The average molecular weight is 457 g/mol. The van der Waals surface area contributed by atoms with Gasteiger partial charge in [-0.3, -0.25) is 10.1 Å². The zero-order valence-electron chi connectivity index (χ0n) is 18.0. The lowest BCUT2D eigenvalue weighted by Gasteiger charge is -2.16. The first kappa shape index (κ1) is 23.2. The van der Waals surface area contributed by atoms with E-state index in [0.717, 1.165) is 0 Å². The number of nitrogens with one attached hydrogen (secondary N) is 1. The summed E-state index contributed by atoms with van der Waals surface area (Å²) in [5, 5.41) is 5.01. The van der Waals surface area contributed by atoms with Gasteiger partial charge in [0.05, 0.1) is 18.8 Å². The van der Waals surface area contributed by atoms with Crippen LogP contribution >= 0.6 is 11.3 Å². The van der Waals surface area contributed by atoms with Crippen molar-refractivity contribution in [3.05, 3.63) is 65.2 Å². The molecule has 1 heterocycles. The molecule has 8 nitrogen and oxygen atoms in total. The highest BCUT2D eigenvalue weighted by atomic mass is 32.1. The highest BCUT2D eigenvalue weighted by molar-refractivity contribution is 7.13. The third-order valence-electron chi connectivity index (χ3n) is 4.13. The van der Waals surface area contributed by atoms with Gasteiger partial charge in [-0.1, -0.05) is 0 Å². The molecule has 0 aliphatic rings. The van der Waals surface area contributed by atoms with Crippen molar-refractivity contribution in [1.29, 1.82) is 0 Å². The first-order valence-electron chi connectivity index (χ1n) is 9.95. The molecule has 3 rings (SSSR count). The number of rotatable bonds is 10. The topological polar surface area (TPSA) is 96.0 Å². The number of carbonyl (C=O) groups excluding carboxylic acids is 2. The maximum absolute atomic E-state index is 12.7. The van der Waals surface area contributed by atoms with Crippen LogP contribution in [0.2, 0.25) is 0 Å². The fourth-order valence-corrected chi connectivity index (χ4v) is 3.32. The standard InChI is InChI=1S/C23H24N2O6S/c1-4-29-22(27)16-5-7-18(8-6-16)31-20-12-17(21(26)25-23-24-9-10-32-23)11-19(13-20)30-15(2)14-28-3/h5-13,15H,4,14H2,1-3H3,(H,24,25,26). The molecule has 1 atom stereocenters. The first-order valence-corrected chi connectivity index (χ1v) is 10.8. The first-order chi connectivity index (χ1) is 15.5. The molecule has 0 aliphatic carbocycles. The molecule has 0 bridgehead atoms. The zero-order chi connectivity index (χ0) is 22.9. The van der Waals surface area contributed by atoms with Gasteiger partial charge in [-0.05, 0) is 50.2 Å². The molecule has 1 N–H and O–H groups in total. The number of ether oxygens (including phenoxy) is 4. The van der Waals surface area contributed by atoms with Gasteiger partial charge in [0.1, 0.15) is 23.4 Å². The number of nitrogens with zero attached hydrogens (tertiary/aromatic N) is 1. The molecule has 2 aromatic carbocycles. The van der Waals surface area contributed by atoms with E-state index in [9.17, 15) is 9.59 Å². The second-order valence-electron chi connectivity index (χ2n) is 6.72. The van der Waals surface area contributed by atoms with Crippen LogP contribution in [0.4, 0.5) is 5.13 Å². The highest BCUT2D eigenvalue weighted by Gasteiger charge is 2.14. The van der Waals surface area contributed by atoms with Crippen LogP contribution in [0.15, 0.2) is 54.0 Å². The molecule has 3 aromatic rings. The number of esters is 1. The number of benzene rings is 2. The molecule has 1 amide bonds. The minimum Gasteiger partial charge on any atom is -0.488 e. The number of anilines is 1. The van der Waals surface area contributed by atoms with Crippen molar-refractivity contribution < 1.29 is 28.5 Å². The summed E-state index contributed by atoms with van der Waals surface area (Å²) in [4.78, 5) is 28.6. The van der Waals surface area contributed by atoms with Crippen molar-refractivity contribution in [2.75, 3.05) is 25.6 Å². The fourth-order valence-electron chi connectivity index (χ4n) is 2.79. The average Bonchev–Trinajstić information content (AvgIpc) is 3.27. The molecular formula is C23H24N2O6S. The van der Waals surface area contributed by atoms with Crippen LogP contribution in [-0.2, 0) is 9.47 Å². The van der Waals surface area contributed by atoms with Crippen LogP contribution in [-0.4, -0.2) is 43.3 Å². The van der Waals surface area contributed by atoms with Crippen molar-refractivity contribution in [1.82, 2.24) is 4.98 Å². The van der Waals surface area contributed by atoms with E-state index >= 15 is 0 Å². The van der Waals surface area contributed by atoms with Crippen LogP contribution in [0.1, 0.15) is 34.6 Å². The largest absolute Gasteiger partial charge is 0.488 e. The number of methoxy groups -OCH3 is 1. The lowest BCUT2D eigenvalue weighted by molar-refractivity contribution is 0.0526. The van der Waals surface area contributed by atoms with Gasteiger partial charge in [-0.2, -0.15) is 0 Å². The Kier molecular flexibility index (Phi) is 8.18. The third-order valence-corrected chi connectivity index (χ3v) is 4.82. The lowest BCUT2D eigenvalue weighted by Crippen LogP contribution is -2.18. The number of thiazole rings is 1. The molecule has 168 valence electrons. The van der Waals surface area contributed by atoms with Gasteiger partial charge >= 0.3 is 5.97 Å². The Morgan fingerprint density at radius 3 is 2.47 bits per heavy atom. The summed E-state index contributed by atoms with van der Waals surface area (Å²) in [7, 11) is 1.59. The molecule has 0 fully saturated rings. The minimum absolute atomic E-state index is 0.228. The number of hydrogen-bond acceptors (Lipinski definition) is 8. The number of carbonyl (C=O) groups is 2. The summed E-state index contributed by atoms with van der Waals surface area (Å²) in [6, 6.07) is 11.5. The third kappa shape index (κ3) is 6.53. The Labute approximate surface area is 190 Å². The van der Waals surface area contributed by atoms with Gasteiger partial charge in [0.2, 0.25) is 0 Å². The van der Waals surface area contributed by atoms with Crippen molar-refractivity contribution in [2.24, 2.45) is 0 Å². The van der Waals surface area contributed by atoms with Crippen LogP contribution in [0.25, 0.3) is 0 Å². The summed E-state index contributed by atoms with van der Waals surface area (Å²) < 4.78 is 21.9. The summed E-state index contributed by atoms with van der Waals surface area (Å²) in [6.07, 6.45) is 1.38. The molecule has 0 radical (unpaired) electrons. The second kappa shape index (κ2) is 11.3. The molecule has 32 heavy (non-hydrogen) atoms. The Bertz CT molecular complexity index is 1040. The molecule has 1 unspecified atom stereocenters. The predicted molar refractivity (Wildman–Crippen MR) is 121 cm³/mol. The van der Waals surface area contributed by atoms with Crippen molar-refractivity contribution >= 4 is 28.3 Å². The summed E-state index contributed by atoms with van der Waals surface area (Å²) in [5.74, 6) is 0.612. The summed E-state index contributed by atoms with van der Waals surface area (Å²) in [5.41, 5.74) is 0.772. The Balaban J connectivity index is 1.82. The van der Waals surface area contributed by atoms with Crippen LogP contribution in [0, 0.1) is 0 Å². The SMILES string of the molecule is CCOC(=O)c1ccc(Oc2cc(OC(C)COC)cc(C(=O)Nc3nccs3)c2)cc1. The van der Waals surface area contributed by atoms with E-state index in [-0.39, 0.29) is 12.0 Å². The molecule has 1 aromatic heterocycles. The van der Waals surface area contributed by atoms with E-state index in [4.69, 9.17) is 18.9 Å². The van der Waals surface area contributed by atoms with Gasteiger partial charge in [-0.15, -0.1) is 11.3 Å². The molecule has 0 spiro atoms. The van der Waals surface area contributed by atoms with E-state index in [0.29, 0.717) is 46.7 Å². The number of amides is 1. The number of hydrogen-bond donors (Lipinski definition) is 1. The van der Waals surface area contributed by atoms with Crippen LogP contribution in [0.5, 0.6) is 17.2 Å². The van der Waals surface area contributed by atoms with Gasteiger partial charge in [0.25, 0.3) is 5.91 Å². The van der Waals surface area contributed by atoms with E-state index in [1.807, 2.05) is 6.92 Å². The molecule has 9 heteroatoms. The second-order valence-corrected chi connectivity index (χ2v) is 7.61. The molecule has 0 saturated heterocycles. The maximum Gasteiger partial charge on any atom is 0.338 e. The zero-order valence-corrected chi connectivity index (χ0v) is 18.8. The predicted octanol–water partition coefficient (Wildman–Crippen LogP) is 4.78. The smallest absolute Gasteiger partial charge is 0.338 e. The van der Waals surface area contributed by atoms with Gasteiger partial charge in [-0.25, -0.2) is 9.78 Å². The van der Waals surface area contributed by atoms with E-state index in [1.54, 1.807) is 68.1 Å². The molecular weight excluding hydrogens is 432 g/mol. The van der Waals surface area contributed by atoms with Crippen LogP contribution in [0.3, 0.4) is 0 Å². The van der Waals surface area contributed by atoms with E-state index in [2.05, 4.69) is 10.3 Å². The lowest BCUT2D eigenvalue weighted by atomic mass is 10.2. The monoisotopic (exact) mass is 456 g/mol. The Hall–Kier alpha value is -3.43. The van der Waals surface area contributed by atoms with Gasteiger partial charge in [0, 0.05) is 30.3 Å². The van der Waals surface area contributed by atoms with Crippen molar-refractivity contribution in [3.63, 3.8) is 0 Å². The summed E-state index contributed by atoms with van der Waals surface area (Å²) >= 11 is 1.32. The Morgan fingerprint density at radius 2 is 1.81 bits per heavy atom. The maximum atomic E-state index is 12.7. The molecule has 0 aliphatic heterocycles. The van der Waals surface area contributed by atoms with E-state index in [1.165, 1.54) is 11.3 Å². The minimum atomic E-state index is -0.400. The highest BCUT2D eigenvalue weighted by Crippen LogP contribution is 2.29. The summed E-state index contributed by atoms with van der Waals surface area (Å²) in [6.45, 7) is 4.30. The van der Waals surface area contributed by atoms with Crippen LogP contribution < -0.4 is 14.8 Å². The molecule has 0 saturated carbocycles.